The fourth-order valence-corrected chi connectivity index (χ4v) is 1.45. The van der Waals surface area contributed by atoms with Gasteiger partial charge in [-0.25, -0.2) is 4.99 Å². The molecule has 0 aromatic heterocycles. The lowest BCUT2D eigenvalue weighted by Crippen LogP contribution is -2.11. The number of hydrogen-bond acceptors (Lipinski definition) is 4. The minimum Gasteiger partial charge on any atom is -0.384 e. The maximum Gasteiger partial charge on any atom is 0.158 e. The van der Waals surface area contributed by atoms with Crippen LogP contribution in [0.4, 0.5) is 0 Å². The van der Waals surface area contributed by atoms with Crippen molar-refractivity contribution in [2.24, 2.45) is 10.7 Å². The van der Waals surface area contributed by atoms with Gasteiger partial charge in [-0.3, -0.25) is 0 Å². The summed E-state index contributed by atoms with van der Waals surface area (Å²) < 4.78 is 4.94. The second kappa shape index (κ2) is 4.41. The first-order valence-electron chi connectivity index (χ1n) is 3.46. The second-order valence-corrected chi connectivity index (χ2v) is 3.28. The van der Waals surface area contributed by atoms with Crippen molar-refractivity contribution in [3.05, 3.63) is 11.8 Å². The van der Waals surface area contributed by atoms with E-state index in [4.69, 9.17) is 10.5 Å². The normalized spacial score (nSPS) is 17.5. The topological polar surface area (TPSA) is 47.6 Å². The van der Waals surface area contributed by atoms with E-state index in [2.05, 4.69) is 4.99 Å². The summed E-state index contributed by atoms with van der Waals surface area (Å²) >= 11 is 1.58. The molecular weight excluding hydrogens is 160 g/mol. The Morgan fingerprint density at radius 1 is 1.82 bits per heavy atom. The molecule has 0 unspecified atom stereocenters. The van der Waals surface area contributed by atoms with Crippen molar-refractivity contribution in [2.75, 3.05) is 19.5 Å². The Kier molecular flexibility index (Phi) is 3.45. The predicted octanol–water partition coefficient (Wildman–Crippen LogP) is 0.968. The van der Waals surface area contributed by atoms with Gasteiger partial charge in [0.1, 0.15) is 0 Å². The molecular formula is C7H12N2OS. The molecule has 1 aliphatic heterocycles. The van der Waals surface area contributed by atoms with Gasteiger partial charge in [-0.05, 0) is 12.0 Å². The van der Waals surface area contributed by atoms with Gasteiger partial charge in [-0.15, -0.1) is 0 Å². The predicted molar refractivity (Wildman–Crippen MR) is 48.7 cm³/mol. The zero-order valence-electron chi connectivity index (χ0n) is 6.54. The van der Waals surface area contributed by atoms with Gasteiger partial charge in [0.05, 0.1) is 0 Å². The van der Waals surface area contributed by atoms with Crippen molar-refractivity contribution in [3.8, 4) is 0 Å². The summed E-state index contributed by atoms with van der Waals surface area (Å²) in [5, 5.41) is 0.658. The number of nitrogens with zero attached hydrogens (tertiary/aromatic N) is 1. The smallest absolute Gasteiger partial charge is 0.158 e. The lowest BCUT2D eigenvalue weighted by Gasteiger charge is -2.09. The van der Waals surface area contributed by atoms with Crippen LogP contribution in [0.5, 0.6) is 0 Å². The molecule has 0 aromatic rings. The van der Waals surface area contributed by atoms with E-state index in [0.717, 1.165) is 18.8 Å². The highest BCUT2D eigenvalue weighted by atomic mass is 32.2. The summed E-state index contributed by atoms with van der Waals surface area (Å²) in [6, 6.07) is 0. The molecule has 4 heteroatoms. The Bertz CT molecular complexity index is 189. The molecule has 1 heterocycles. The summed E-state index contributed by atoms with van der Waals surface area (Å²) in [7, 11) is 1.70. The summed E-state index contributed by atoms with van der Waals surface area (Å²) in [6.45, 7) is 0.766. The first-order chi connectivity index (χ1) is 5.33. The molecule has 0 radical (unpaired) electrons. The zero-order chi connectivity index (χ0) is 8.10. The third-order valence-corrected chi connectivity index (χ3v) is 2.32. The Hall–Kier alpha value is -0.480. The first-order valence-corrected chi connectivity index (χ1v) is 4.44. The van der Waals surface area contributed by atoms with Crippen LogP contribution in [0.25, 0.3) is 0 Å². The Morgan fingerprint density at radius 2 is 2.64 bits per heavy atom. The standard InChI is InChI=1S/C7H12N2OS/c1-10-3-2-6-4-9-7(8)11-5-6/h4H,2-3,5H2,1H3,(H2,8,9). The molecule has 1 aliphatic rings. The van der Waals surface area contributed by atoms with E-state index in [0.29, 0.717) is 5.17 Å². The van der Waals surface area contributed by atoms with Gasteiger partial charge in [0, 0.05) is 25.7 Å². The van der Waals surface area contributed by atoms with Gasteiger partial charge in [0.25, 0.3) is 0 Å². The van der Waals surface area contributed by atoms with E-state index in [1.807, 2.05) is 6.20 Å². The van der Waals surface area contributed by atoms with Crippen LogP contribution in [-0.2, 0) is 4.74 Å². The number of thioether (sulfide) groups is 1. The maximum absolute atomic E-state index is 5.46. The molecule has 2 N–H and O–H groups in total. The Labute approximate surface area is 70.7 Å². The number of aliphatic imine (C=N–C) groups is 1. The van der Waals surface area contributed by atoms with Crippen molar-refractivity contribution in [1.82, 2.24) is 0 Å². The van der Waals surface area contributed by atoms with Crippen LogP contribution in [0.2, 0.25) is 0 Å². The minimum absolute atomic E-state index is 0.658. The highest BCUT2D eigenvalue weighted by Crippen LogP contribution is 2.16. The summed E-state index contributed by atoms with van der Waals surface area (Å²) in [5.41, 5.74) is 6.76. The highest BCUT2D eigenvalue weighted by molar-refractivity contribution is 8.14. The molecule has 0 aliphatic carbocycles. The Morgan fingerprint density at radius 3 is 3.18 bits per heavy atom. The van der Waals surface area contributed by atoms with Crippen LogP contribution in [-0.4, -0.2) is 24.6 Å². The van der Waals surface area contributed by atoms with Gasteiger partial charge >= 0.3 is 0 Å². The van der Waals surface area contributed by atoms with Crippen molar-refractivity contribution in [1.29, 1.82) is 0 Å². The molecule has 62 valence electrons. The van der Waals surface area contributed by atoms with Gasteiger partial charge in [-0.2, -0.15) is 0 Å². The zero-order valence-corrected chi connectivity index (χ0v) is 7.36. The van der Waals surface area contributed by atoms with E-state index in [1.165, 1.54) is 5.57 Å². The van der Waals surface area contributed by atoms with Gasteiger partial charge in [0.2, 0.25) is 0 Å². The van der Waals surface area contributed by atoms with Gasteiger partial charge < -0.3 is 10.5 Å². The monoisotopic (exact) mass is 172 g/mol. The van der Waals surface area contributed by atoms with E-state index in [9.17, 15) is 0 Å². The van der Waals surface area contributed by atoms with E-state index in [1.54, 1.807) is 18.9 Å². The molecule has 0 aromatic carbocycles. The molecule has 0 amide bonds. The quantitative estimate of drug-likeness (QED) is 0.690. The lowest BCUT2D eigenvalue weighted by molar-refractivity contribution is 0.202. The number of nitrogens with two attached hydrogens (primary N) is 1. The fraction of sp³-hybridized carbons (Fsp3) is 0.571. The van der Waals surface area contributed by atoms with E-state index < -0.39 is 0 Å². The molecule has 0 saturated carbocycles. The molecule has 11 heavy (non-hydrogen) atoms. The lowest BCUT2D eigenvalue weighted by atomic mass is 10.2. The average molecular weight is 172 g/mol. The van der Waals surface area contributed by atoms with Crippen molar-refractivity contribution < 1.29 is 4.74 Å². The average Bonchev–Trinajstić information content (AvgIpc) is 2.04. The van der Waals surface area contributed by atoms with Crippen LogP contribution in [0.15, 0.2) is 16.8 Å². The third-order valence-electron chi connectivity index (χ3n) is 1.41. The number of amidine groups is 1. The SMILES string of the molecule is COCCC1=CN=C(N)SC1. The molecule has 0 spiro atoms. The number of rotatable bonds is 3. The fourth-order valence-electron chi connectivity index (χ4n) is 0.766. The minimum atomic E-state index is 0.658. The van der Waals surface area contributed by atoms with Crippen molar-refractivity contribution >= 4 is 16.9 Å². The molecule has 3 nitrogen and oxygen atoms in total. The van der Waals surface area contributed by atoms with E-state index >= 15 is 0 Å². The van der Waals surface area contributed by atoms with Crippen molar-refractivity contribution in [2.45, 2.75) is 6.42 Å². The summed E-state index contributed by atoms with van der Waals surface area (Å²) in [4.78, 5) is 4.00. The Balaban J connectivity index is 2.35. The number of hydrogen-bond donors (Lipinski definition) is 1. The van der Waals surface area contributed by atoms with Gasteiger partial charge in [-0.1, -0.05) is 11.8 Å². The van der Waals surface area contributed by atoms with Crippen LogP contribution in [0, 0.1) is 0 Å². The molecule has 1 rings (SSSR count). The molecule has 0 fully saturated rings. The third kappa shape index (κ3) is 2.95. The molecule has 0 saturated heterocycles. The maximum atomic E-state index is 5.46. The van der Waals surface area contributed by atoms with Crippen LogP contribution in [0.3, 0.4) is 0 Å². The van der Waals surface area contributed by atoms with E-state index in [-0.39, 0.29) is 0 Å². The summed E-state index contributed by atoms with van der Waals surface area (Å²) in [5.74, 6) is 0.957. The molecule has 0 bridgehead atoms. The largest absolute Gasteiger partial charge is 0.384 e. The first kappa shape index (κ1) is 8.62. The number of methoxy groups -OCH3 is 1. The highest BCUT2D eigenvalue weighted by Gasteiger charge is 2.04. The van der Waals surface area contributed by atoms with Crippen molar-refractivity contribution in [3.63, 3.8) is 0 Å². The van der Waals surface area contributed by atoms with Gasteiger partial charge in [0.15, 0.2) is 5.17 Å². The van der Waals surface area contributed by atoms with Crippen LogP contribution < -0.4 is 5.73 Å². The van der Waals surface area contributed by atoms with Crippen LogP contribution >= 0.6 is 11.8 Å². The number of ether oxygens (including phenoxy) is 1. The summed E-state index contributed by atoms with van der Waals surface area (Å²) in [6.07, 6.45) is 2.80. The van der Waals surface area contributed by atoms with Crippen LogP contribution in [0.1, 0.15) is 6.42 Å². The second-order valence-electron chi connectivity index (χ2n) is 2.29. The molecule has 0 atom stereocenters.